The lowest BCUT2D eigenvalue weighted by molar-refractivity contribution is -0.151. The molecule has 0 aromatic carbocycles. The molecular weight excluding hydrogens is 190 g/mol. The molecule has 0 saturated heterocycles. The number of nitrogens with zero attached hydrogens (tertiary/aromatic N) is 1. The van der Waals surface area contributed by atoms with E-state index in [0.717, 1.165) is 12.1 Å². The van der Waals surface area contributed by atoms with E-state index in [1.54, 1.807) is 0 Å². The second kappa shape index (κ2) is 2.45. The fraction of sp³-hybridized carbons (Fsp3) is 0.833. The van der Waals surface area contributed by atoms with Crippen LogP contribution in [0.2, 0.25) is 0 Å². The molecule has 2 bridgehead atoms. The third kappa shape index (κ3) is 0.876. The van der Waals surface area contributed by atoms with Crippen LogP contribution in [0.4, 0.5) is 0 Å². The van der Waals surface area contributed by atoms with Crippen LogP contribution in [0.15, 0.2) is 4.99 Å². The lowest BCUT2D eigenvalue weighted by Crippen LogP contribution is -2.44. The molecule has 2 aliphatic carbocycles. The Kier molecular flexibility index (Phi) is 1.53. The summed E-state index contributed by atoms with van der Waals surface area (Å²) in [6, 6.07) is 0. The van der Waals surface area contributed by atoms with E-state index >= 15 is 0 Å². The number of carbonyl (C=O) groups excluding carboxylic acids is 1. The minimum Gasteiger partial charge on any atom is -0.454 e. The van der Waals surface area contributed by atoms with Crippen LogP contribution in [0.25, 0.3) is 0 Å². The molecule has 3 heteroatoms. The minimum absolute atomic E-state index is 0.0347. The Morgan fingerprint density at radius 3 is 2.87 bits per heavy atom. The lowest BCUT2D eigenvalue weighted by Gasteiger charge is -2.38. The van der Waals surface area contributed by atoms with E-state index in [4.69, 9.17) is 4.74 Å². The average molecular weight is 207 g/mol. The van der Waals surface area contributed by atoms with Crippen LogP contribution in [-0.4, -0.2) is 24.3 Å². The van der Waals surface area contributed by atoms with E-state index in [1.807, 2.05) is 0 Å². The summed E-state index contributed by atoms with van der Waals surface area (Å²) < 4.78 is 5.51. The molecule has 0 spiro atoms. The third-order valence-corrected chi connectivity index (χ3v) is 5.14. The maximum Gasteiger partial charge on any atom is 0.328 e. The van der Waals surface area contributed by atoms with Gasteiger partial charge in [-0.3, -0.25) is 9.79 Å². The van der Waals surface area contributed by atoms with Crippen molar-refractivity contribution in [2.75, 3.05) is 6.54 Å². The summed E-state index contributed by atoms with van der Waals surface area (Å²) in [7, 11) is 0. The van der Waals surface area contributed by atoms with Gasteiger partial charge in [0.2, 0.25) is 0 Å². The fourth-order valence-electron chi connectivity index (χ4n) is 3.73. The van der Waals surface area contributed by atoms with Crippen molar-refractivity contribution in [1.82, 2.24) is 0 Å². The Balaban J connectivity index is 2.12. The van der Waals surface area contributed by atoms with Crippen molar-refractivity contribution in [1.29, 1.82) is 0 Å². The Bertz CT molecular complexity index is 372. The maximum atomic E-state index is 11.3. The molecule has 2 fully saturated rings. The highest BCUT2D eigenvalue weighted by Gasteiger charge is 2.67. The summed E-state index contributed by atoms with van der Waals surface area (Å²) in [4.78, 5) is 15.7. The van der Waals surface area contributed by atoms with Crippen LogP contribution in [0, 0.1) is 16.7 Å². The van der Waals surface area contributed by atoms with E-state index in [1.165, 1.54) is 6.42 Å². The largest absolute Gasteiger partial charge is 0.454 e. The summed E-state index contributed by atoms with van der Waals surface area (Å²) >= 11 is 0. The number of rotatable bonds is 0. The van der Waals surface area contributed by atoms with E-state index in [2.05, 4.69) is 25.8 Å². The zero-order chi connectivity index (χ0) is 10.8. The molecule has 0 amide bonds. The van der Waals surface area contributed by atoms with Crippen molar-refractivity contribution in [2.45, 2.75) is 39.7 Å². The van der Waals surface area contributed by atoms with Crippen molar-refractivity contribution in [3.05, 3.63) is 0 Å². The number of hydrogen-bond acceptors (Lipinski definition) is 3. The van der Waals surface area contributed by atoms with Crippen molar-refractivity contribution in [2.24, 2.45) is 21.7 Å². The minimum atomic E-state index is -0.159. The van der Waals surface area contributed by atoms with Crippen LogP contribution in [0.3, 0.4) is 0 Å². The van der Waals surface area contributed by atoms with Crippen molar-refractivity contribution in [3.63, 3.8) is 0 Å². The number of hydrogen-bond donors (Lipinski definition) is 0. The smallest absolute Gasteiger partial charge is 0.328 e. The predicted octanol–water partition coefficient (Wildman–Crippen LogP) is 1.81. The number of carbonyl (C=O) groups is 1. The highest BCUT2D eigenvalue weighted by atomic mass is 16.5. The van der Waals surface area contributed by atoms with Crippen LogP contribution in [0.1, 0.15) is 33.6 Å². The van der Waals surface area contributed by atoms with Gasteiger partial charge in [-0.25, -0.2) is 0 Å². The van der Waals surface area contributed by atoms with E-state index in [0.29, 0.717) is 5.92 Å². The molecule has 3 nitrogen and oxygen atoms in total. The first-order chi connectivity index (χ1) is 6.97. The van der Waals surface area contributed by atoms with Gasteiger partial charge in [-0.1, -0.05) is 20.8 Å². The van der Waals surface area contributed by atoms with Crippen molar-refractivity contribution < 1.29 is 9.53 Å². The van der Waals surface area contributed by atoms with Crippen LogP contribution in [-0.2, 0) is 9.53 Å². The van der Waals surface area contributed by atoms with Gasteiger partial charge in [0.05, 0.1) is 5.71 Å². The zero-order valence-electron chi connectivity index (χ0n) is 9.54. The predicted molar refractivity (Wildman–Crippen MR) is 56.8 cm³/mol. The van der Waals surface area contributed by atoms with Gasteiger partial charge in [-0.2, -0.15) is 0 Å². The van der Waals surface area contributed by atoms with Gasteiger partial charge in [0, 0.05) is 11.3 Å². The standard InChI is InChI=1S/C12H17NO2/c1-11(2)7-4-5-12(11,3)10-9(7)13-6-8(14)15-10/h7,10H,4-6H2,1-3H3/t7-,10?,12+/m1/s1. The van der Waals surface area contributed by atoms with E-state index < -0.39 is 0 Å². The molecular formula is C12H17NO2. The normalized spacial score (nSPS) is 46.1. The van der Waals surface area contributed by atoms with Gasteiger partial charge in [-0.15, -0.1) is 0 Å². The van der Waals surface area contributed by atoms with Gasteiger partial charge in [0.25, 0.3) is 0 Å². The maximum absolute atomic E-state index is 11.3. The average Bonchev–Trinajstić information content (AvgIpc) is 2.48. The fourth-order valence-corrected chi connectivity index (χ4v) is 3.73. The monoisotopic (exact) mass is 207 g/mol. The molecule has 0 aromatic rings. The topological polar surface area (TPSA) is 38.7 Å². The molecule has 3 atom stereocenters. The Labute approximate surface area is 89.9 Å². The van der Waals surface area contributed by atoms with Crippen LogP contribution in [0.5, 0.6) is 0 Å². The molecule has 3 rings (SSSR count). The first-order valence-corrected chi connectivity index (χ1v) is 5.70. The molecule has 1 aliphatic heterocycles. The SMILES string of the molecule is CC1(C)[C@@H]2CC[C@@]1(C)C1OC(=O)CN=C12. The summed E-state index contributed by atoms with van der Waals surface area (Å²) in [6.45, 7) is 7.06. The zero-order valence-corrected chi connectivity index (χ0v) is 9.54. The number of ether oxygens (including phenoxy) is 1. The molecule has 0 N–H and O–H groups in total. The Morgan fingerprint density at radius 1 is 1.40 bits per heavy atom. The third-order valence-electron chi connectivity index (χ3n) is 5.14. The molecule has 0 aromatic heterocycles. The number of aliphatic imine (C=N–C) groups is 1. The molecule has 82 valence electrons. The van der Waals surface area contributed by atoms with Crippen molar-refractivity contribution >= 4 is 11.7 Å². The molecule has 1 unspecified atom stereocenters. The summed E-state index contributed by atoms with van der Waals surface area (Å²) in [5.41, 5.74) is 1.49. The van der Waals surface area contributed by atoms with Gasteiger partial charge in [0.15, 0.2) is 0 Å². The molecule has 15 heavy (non-hydrogen) atoms. The van der Waals surface area contributed by atoms with Gasteiger partial charge in [0.1, 0.15) is 12.6 Å². The number of esters is 1. The van der Waals surface area contributed by atoms with Crippen LogP contribution >= 0.6 is 0 Å². The highest BCUT2D eigenvalue weighted by Crippen LogP contribution is 2.65. The first-order valence-electron chi connectivity index (χ1n) is 5.70. The summed E-state index contributed by atoms with van der Waals surface area (Å²) in [5.74, 6) is 0.369. The Hall–Kier alpha value is -0.860. The first kappa shape index (κ1) is 9.37. The molecule has 2 saturated carbocycles. The quantitative estimate of drug-likeness (QED) is 0.568. The highest BCUT2D eigenvalue weighted by molar-refractivity contribution is 6.00. The summed E-state index contributed by atoms with van der Waals surface area (Å²) in [6.07, 6.45) is 2.32. The Morgan fingerprint density at radius 2 is 2.13 bits per heavy atom. The van der Waals surface area contributed by atoms with Gasteiger partial charge >= 0.3 is 5.97 Å². The molecule has 3 aliphatic rings. The van der Waals surface area contributed by atoms with E-state index in [-0.39, 0.29) is 29.4 Å². The second-order valence-electron chi connectivity index (χ2n) is 5.84. The van der Waals surface area contributed by atoms with E-state index in [9.17, 15) is 4.79 Å². The number of fused-ring (bicyclic) bond motifs is 5. The molecule has 0 radical (unpaired) electrons. The lowest BCUT2D eigenvalue weighted by atomic mass is 9.70. The van der Waals surface area contributed by atoms with Gasteiger partial charge < -0.3 is 4.74 Å². The second-order valence-corrected chi connectivity index (χ2v) is 5.84. The van der Waals surface area contributed by atoms with Gasteiger partial charge in [-0.05, 0) is 18.3 Å². The molecule has 1 heterocycles. The van der Waals surface area contributed by atoms with Crippen LogP contribution < -0.4 is 0 Å². The van der Waals surface area contributed by atoms with Crippen molar-refractivity contribution in [3.8, 4) is 0 Å². The summed E-state index contributed by atoms with van der Waals surface area (Å²) in [5, 5.41) is 0.